The molecule has 12 heteroatoms. The summed E-state index contributed by atoms with van der Waals surface area (Å²) in [7, 11) is -5.74. The summed E-state index contributed by atoms with van der Waals surface area (Å²) >= 11 is 0.725. The Kier molecular flexibility index (Phi) is 4.24. The van der Waals surface area contributed by atoms with Crippen LogP contribution in [0.25, 0.3) is 0 Å². The molecule has 1 aliphatic rings. The lowest BCUT2D eigenvalue weighted by Crippen LogP contribution is -2.35. The molecular weight excluding hydrogens is 342 g/mol. The maximum atomic E-state index is 12.2. The van der Waals surface area contributed by atoms with E-state index in [0.717, 1.165) is 17.4 Å². The summed E-state index contributed by atoms with van der Waals surface area (Å²) in [6, 6.07) is 0.265. The zero-order valence-corrected chi connectivity index (χ0v) is 13.3. The molecule has 2 N–H and O–H groups in total. The average molecular weight is 355 g/mol. The van der Waals surface area contributed by atoms with Crippen LogP contribution < -0.4 is 10.0 Å². The lowest BCUT2D eigenvalue weighted by molar-refractivity contribution is -0.383. The van der Waals surface area contributed by atoms with Crippen LogP contribution in [0.4, 0.5) is 10.7 Å². The van der Waals surface area contributed by atoms with Crippen molar-refractivity contribution >= 4 is 41.9 Å². The van der Waals surface area contributed by atoms with Gasteiger partial charge in [0, 0.05) is 19.2 Å². The Hall–Kier alpha value is -1.24. The van der Waals surface area contributed by atoms with E-state index in [1.165, 1.54) is 7.05 Å². The molecule has 1 saturated heterocycles. The van der Waals surface area contributed by atoms with Gasteiger partial charge in [0.2, 0.25) is 0 Å². The van der Waals surface area contributed by atoms with Gasteiger partial charge in [-0.2, -0.15) is 0 Å². The van der Waals surface area contributed by atoms with Gasteiger partial charge in [-0.15, -0.1) is 0 Å². The molecule has 0 spiro atoms. The lowest BCUT2D eigenvalue weighted by Gasteiger charge is -2.09. The summed E-state index contributed by atoms with van der Waals surface area (Å²) in [5.41, 5.74) is -0.332. The maximum absolute atomic E-state index is 12.2. The Bertz CT molecular complexity index is 767. The van der Waals surface area contributed by atoms with E-state index in [4.69, 9.17) is 0 Å². The minimum absolute atomic E-state index is 0.0630. The van der Waals surface area contributed by atoms with E-state index in [-0.39, 0.29) is 32.8 Å². The zero-order valence-electron chi connectivity index (χ0n) is 10.9. The number of nitro groups is 1. The van der Waals surface area contributed by atoms with E-state index in [9.17, 15) is 26.9 Å². The van der Waals surface area contributed by atoms with Crippen LogP contribution in [0.3, 0.4) is 0 Å². The van der Waals surface area contributed by atoms with Crippen molar-refractivity contribution in [1.82, 2.24) is 4.72 Å². The number of hydrogen-bond donors (Lipinski definition) is 2. The highest BCUT2D eigenvalue weighted by Crippen LogP contribution is 2.36. The Morgan fingerprint density at radius 3 is 2.57 bits per heavy atom. The molecule has 0 radical (unpaired) electrons. The number of anilines is 1. The quantitative estimate of drug-likeness (QED) is 0.567. The predicted octanol–water partition coefficient (Wildman–Crippen LogP) is 0.163. The predicted molar refractivity (Wildman–Crippen MR) is 77.9 cm³/mol. The van der Waals surface area contributed by atoms with E-state index in [2.05, 4.69) is 10.0 Å². The maximum Gasteiger partial charge on any atom is 0.304 e. The molecule has 1 atom stereocenters. The van der Waals surface area contributed by atoms with Crippen molar-refractivity contribution in [3.8, 4) is 0 Å². The summed E-state index contributed by atoms with van der Waals surface area (Å²) in [5.74, 6) is -0.314. The second kappa shape index (κ2) is 5.51. The second-order valence-corrected chi connectivity index (χ2v) is 9.73. The standard InChI is InChI=1S/C9H13N3O6S3/c1-10-9-7(12(13)14)4-8(19-9)21(17,18)11-6-2-3-20(15,16)5-6/h4,6,10-11H,2-3,5H2,1H3. The SMILES string of the molecule is CNc1sc(S(=O)(=O)NC2CCS(=O)(=O)C2)cc1[N+](=O)[O-]. The van der Waals surface area contributed by atoms with E-state index < -0.39 is 30.8 Å². The molecule has 2 heterocycles. The third kappa shape index (κ3) is 3.51. The summed E-state index contributed by atoms with van der Waals surface area (Å²) in [5, 5.41) is 13.5. The average Bonchev–Trinajstić information content (AvgIpc) is 2.92. The number of sulfone groups is 1. The summed E-state index contributed by atoms with van der Waals surface area (Å²) in [4.78, 5) is 10.1. The highest BCUT2D eigenvalue weighted by molar-refractivity contribution is 7.92. The molecule has 1 aliphatic heterocycles. The molecule has 118 valence electrons. The van der Waals surface area contributed by atoms with Crippen LogP contribution in [0.15, 0.2) is 10.3 Å². The molecule has 1 fully saturated rings. The first-order valence-corrected chi connectivity index (χ1v) is 9.95. The third-order valence-corrected chi connectivity index (χ3v) is 7.84. The van der Waals surface area contributed by atoms with E-state index >= 15 is 0 Å². The van der Waals surface area contributed by atoms with Gasteiger partial charge in [-0.3, -0.25) is 10.1 Å². The first-order valence-electron chi connectivity index (χ1n) is 5.83. The molecule has 2 rings (SSSR count). The van der Waals surface area contributed by atoms with Crippen LogP contribution in [0.5, 0.6) is 0 Å². The molecule has 1 aromatic rings. The molecule has 0 amide bonds. The summed E-state index contributed by atoms with van der Waals surface area (Å²) in [6.45, 7) is 0. The second-order valence-electron chi connectivity index (χ2n) is 4.51. The first-order chi connectivity index (χ1) is 9.64. The smallest absolute Gasteiger partial charge is 0.304 e. The Labute approximate surface area is 125 Å². The number of hydrogen-bond acceptors (Lipinski definition) is 8. The highest BCUT2D eigenvalue weighted by Gasteiger charge is 2.33. The molecule has 0 saturated carbocycles. The van der Waals surface area contributed by atoms with Crippen molar-refractivity contribution in [1.29, 1.82) is 0 Å². The first kappa shape index (κ1) is 16.1. The topological polar surface area (TPSA) is 135 Å². The molecule has 9 nitrogen and oxygen atoms in total. The fourth-order valence-electron chi connectivity index (χ4n) is 1.97. The van der Waals surface area contributed by atoms with Crippen LogP contribution in [0, 0.1) is 10.1 Å². The summed E-state index contributed by atoms with van der Waals surface area (Å²) < 4.78 is 49.0. The fraction of sp³-hybridized carbons (Fsp3) is 0.556. The Balaban J connectivity index is 2.26. The molecular formula is C9H13N3O6S3. The van der Waals surface area contributed by atoms with Gasteiger partial charge in [-0.25, -0.2) is 21.6 Å². The number of nitrogens with zero attached hydrogens (tertiary/aromatic N) is 1. The molecule has 0 aliphatic carbocycles. The van der Waals surface area contributed by atoms with Gasteiger partial charge in [-0.1, -0.05) is 11.3 Å². The largest absolute Gasteiger partial charge is 0.374 e. The normalized spacial score (nSPS) is 21.3. The fourth-order valence-corrected chi connectivity index (χ4v) is 6.32. The van der Waals surface area contributed by atoms with Gasteiger partial charge < -0.3 is 5.32 Å². The van der Waals surface area contributed by atoms with Gasteiger partial charge in [0.1, 0.15) is 4.21 Å². The van der Waals surface area contributed by atoms with Crippen molar-refractivity contribution in [2.45, 2.75) is 16.7 Å². The van der Waals surface area contributed by atoms with Crippen LogP contribution >= 0.6 is 11.3 Å². The van der Waals surface area contributed by atoms with Gasteiger partial charge >= 0.3 is 5.69 Å². The Morgan fingerprint density at radius 2 is 2.14 bits per heavy atom. The van der Waals surface area contributed by atoms with Crippen LogP contribution in [-0.2, 0) is 19.9 Å². The molecule has 0 aromatic carbocycles. The van der Waals surface area contributed by atoms with Crippen molar-refractivity contribution in [2.75, 3.05) is 23.9 Å². The van der Waals surface area contributed by atoms with Gasteiger partial charge in [0.05, 0.1) is 16.4 Å². The molecule has 1 aromatic heterocycles. The molecule has 1 unspecified atom stereocenters. The summed E-state index contributed by atoms with van der Waals surface area (Å²) in [6.07, 6.45) is 0.202. The number of thiophene rings is 1. The van der Waals surface area contributed by atoms with Crippen molar-refractivity contribution < 1.29 is 21.8 Å². The van der Waals surface area contributed by atoms with E-state index in [1.54, 1.807) is 0 Å². The number of rotatable bonds is 5. The van der Waals surface area contributed by atoms with Crippen LogP contribution in [0.2, 0.25) is 0 Å². The van der Waals surface area contributed by atoms with Crippen molar-refractivity contribution in [3.63, 3.8) is 0 Å². The number of sulfonamides is 1. The van der Waals surface area contributed by atoms with Gasteiger partial charge in [0.15, 0.2) is 14.8 Å². The van der Waals surface area contributed by atoms with Crippen LogP contribution in [-0.4, -0.2) is 46.4 Å². The van der Waals surface area contributed by atoms with Crippen molar-refractivity contribution in [2.24, 2.45) is 0 Å². The molecule has 21 heavy (non-hydrogen) atoms. The highest BCUT2D eigenvalue weighted by atomic mass is 32.2. The Morgan fingerprint density at radius 1 is 1.48 bits per heavy atom. The number of nitrogens with one attached hydrogen (secondary N) is 2. The lowest BCUT2D eigenvalue weighted by atomic mass is 10.3. The zero-order chi connectivity index (χ0) is 15.8. The van der Waals surface area contributed by atoms with E-state index in [1.807, 2.05) is 0 Å². The molecule has 0 bridgehead atoms. The van der Waals surface area contributed by atoms with E-state index in [0.29, 0.717) is 0 Å². The minimum atomic E-state index is -3.98. The van der Waals surface area contributed by atoms with Gasteiger partial charge in [-0.05, 0) is 6.42 Å². The van der Waals surface area contributed by atoms with Crippen LogP contribution in [0.1, 0.15) is 6.42 Å². The van der Waals surface area contributed by atoms with Crippen molar-refractivity contribution in [3.05, 3.63) is 16.2 Å². The monoisotopic (exact) mass is 355 g/mol. The van der Waals surface area contributed by atoms with Gasteiger partial charge in [0.25, 0.3) is 10.0 Å². The third-order valence-electron chi connectivity index (χ3n) is 2.93. The minimum Gasteiger partial charge on any atom is -0.374 e.